The molecule has 0 bridgehead atoms. The highest BCUT2D eigenvalue weighted by Gasteiger charge is 2.34. The molecule has 0 aromatic carbocycles. The minimum absolute atomic E-state index is 0. The van der Waals surface area contributed by atoms with Crippen LogP contribution in [0.3, 0.4) is 0 Å². The predicted molar refractivity (Wildman–Crippen MR) is 110 cm³/mol. The van der Waals surface area contributed by atoms with Crippen LogP contribution in [-0.2, 0) is 0 Å². The van der Waals surface area contributed by atoms with Gasteiger partial charge < -0.3 is 15.7 Å². The van der Waals surface area contributed by atoms with E-state index in [1.165, 1.54) is 16.2 Å². The van der Waals surface area contributed by atoms with Crippen LogP contribution in [0, 0.1) is 0 Å². The number of hydrogen-bond acceptors (Lipinski definition) is 4. The van der Waals surface area contributed by atoms with Crippen LogP contribution >= 0.6 is 46.9 Å². The normalized spacial score (nSPS) is 19.9. The van der Waals surface area contributed by atoms with Crippen LogP contribution in [0.4, 0.5) is 13.2 Å². The van der Waals surface area contributed by atoms with E-state index in [0.717, 1.165) is 4.88 Å². The molecule has 0 amide bonds. The quantitative estimate of drug-likeness (QED) is 0.303. The second-order valence-electron chi connectivity index (χ2n) is 5.86. The lowest BCUT2D eigenvalue weighted by Gasteiger charge is -2.20. The Hall–Kier alpha value is -0.300. The van der Waals surface area contributed by atoms with Gasteiger partial charge in [0.15, 0.2) is 5.96 Å². The Balaban J connectivity index is 0.00000338. The number of halogens is 5. The first-order chi connectivity index (χ1) is 11.8. The lowest BCUT2D eigenvalue weighted by Crippen LogP contribution is -2.45. The molecule has 1 saturated heterocycles. The molecular weight excluding hydrogens is 504 g/mol. The smallest absolute Gasteiger partial charge is 0.386 e. The molecule has 1 aromatic heterocycles. The summed E-state index contributed by atoms with van der Waals surface area (Å²) in [7, 11) is 0. The highest BCUT2D eigenvalue weighted by Crippen LogP contribution is 2.27. The van der Waals surface area contributed by atoms with Crippen molar-refractivity contribution in [1.82, 2.24) is 15.5 Å². The standard InChI is InChI=1S/C15H22ClF3N4OS.HI/c1-2-20-14(21-7-11(24)12-3-4-13(16)25-12)22-10-5-6-23(8-10)9-15(17,18)19;/h3-4,10-11,24H,2,5-9H2,1H3,(H2,20,21,22);1H. The zero-order valence-electron chi connectivity index (χ0n) is 14.2. The first kappa shape index (κ1) is 23.7. The summed E-state index contributed by atoms with van der Waals surface area (Å²) >= 11 is 7.14. The van der Waals surface area contributed by atoms with Gasteiger partial charge in [0.2, 0.25) is 0 Å². The Morgan fingerprint density at radius 3 is 2.81 bits per heavy atom. The van der Waals surface area contributed by atoms with Crippen molar-refractivity contribution in [2.24, 2.45) is 4.99 Å². The number of aliphatic imine (C=N–C) groups is 1. The summed E-state index contributed by atoms with van der Waals surface area (Å²) in [6, 6.07) is 3.36. The van der Waals surface area contributed by atoms with Crippen molar-refractivity contribution in [2.45, 2.75) is 31.7 Å². The Labute approximate surface area is 177 Å². The maximum atomic E-state index is 12.5. The van der Waals surface area contributed by atoms with Gasteiger partial charge in [0.25, 0.3) is 0 Å². The molecule has 0 spiro atoms. The zero-order chi connectivity index (χ0) is 18.4. The van der Waals surface area contributed by atoms with Gasteiger partial charge in [-0.3, -0.25) is 9.89 Å². The summed E-state index contributed by atoms with van der Waals surface area (Å²) in [4.78, 5) is 6.43. The number of rotatable bonds is 6. The summed E-state index contributed by atoms with van der Waals surface area (Å²) < 4.78 is 38.0. The molecule has 5 nitrogen and oxygen atoms in total. The minimum Gasteiger partial charge on any atom is -0.386 e. The van der Waals surface area contributed by atoms with Gasteiger partial charge in [-0.1, -0.05) is 11.6 Å². The molecule has 0 radical (unpaired) electrons. The molecule has 2 atom stereocenters. The SMILES string of the molecule is CCNC(=NCC(O)c1ccc(Cl)s1)NC1CCN(CC(F)(F)F)C1.I. The van der Waals surface area contributed by atoms with Crippen LogP contribution in [0.15, 0.2) is 17.1 Å². The third kappa shape index (κ3) is 8.15. The molecule has 26 heavy (non-hydrogen) atoms. The average molecular weight is 527 g/mol. The summed E-state index contributed by atoms with van der Waals surface area (Å²) in [5.74, 6) is 0.489. The second kappa shape index (κ2) is 10.9. The highest BCUT2D eigenvalue weighted by atomic mass is 127. The first-order valence-electron chi connectivity index (χ1n) is 8.04. The molecule has 2 unspecified atom stereocenters. The molecule has 2 heterocycles. The molecule has 0 aliphatic carbocycles. The van der Waals surface area contributed by atoms with Crippen LogP contribution in [0.5, 0.6) is 0 Å². The summed E-state index contributed by atoms with van der Waals surface area (Å²) in [5, 5.41) is 16.3. The number of nitrogens with one attached hydrogen (secondary N) is 2. The van der Waals surface area contributed by atoms with Crippen molar-refractivity contribution in [3.8, 4) is 0 Å². The topological polar surface area (TPSA) is 59.9 Å². The molecule has 2 rings (SSSR count). The fourth-order valence-electron chi connectivity index (χ4n) is 2.64. The fraction of sp³-hybridized carbons (Fsp3) is 0.667. The van der Waals surface area contributed by atoms with E-state index in [1.54, 1.807) is 12.1 Å². The third-order valence-corrected chi connectivity index (χ3v) is 5.04. The lowest BCUT2D eigenvalue weighted by atomic mass is 10.3. The molecule has 3 N–H and O–H groups in total. The number of nitrogens with zero attached hydrogens (tertiary/aromatic N) is 2. The van der Waals surface area contributed by atoms with E-state index in [9.17, 15) is 18.3 Å². The zero-order valence-corrected chi connectivity index (χ0v) is 18.1. The van der Waals surface area contributed by atoms with Gasteiger partial charge in [0.05, 0.1) is 17.4 Å². The molecule has 150 valence electrons. The number of likely N-dealkylation sites (tertiary alicyclic amines) is 1. The fourth-order valence-corrected chi connectivity index (χ4v) is 3.67. The molecule has 11 heteroatoms. The predicted octanol–water partition coefficient (Wildman–Crippen LogP) is 3.24. The molecule has 0 saturated carbocycles. The van der Waals surface area contributed by atoms with Crippen molar-refractivity contribution >= 4 is 52.9 Å². The van der Waals surface area contributed by atoms with E-state index >= 15 is 0 Å². The maximum absolute atomic E-state index is 12.5. The van der Waals surface area contributed by atoms with Crippen molar-refractivity contribution < 1.29 is 18.3 Å². The number of guanidine groups is 1. The summed E-state index contributed by atoms with van der Waals surface area (Å²) in [5.41, 5.74) is 0. The average Bonchev–Trinajstić information content (AvgIpc) is 3.12. The van der Waals surface area contributed by atoms with Gasteiger partial charge in [-0.25, -0.2) is 0 Å². The molecule has 1 aromatic rings. The first-order valence-corrected chi connectivity index (χ1v) is 9.23. The Kier molecular flexibility index (Phi) is 9.94. The van der Waals surface area contributed by atoms with E-state index in [4.69, 9.17) is 11.6 Å². The van der Waals surface area contributed by atoms with E-state index in [1.807, 2.05) is 6.92 Å². The number of hydrogen-bond donors (Lipinski definition) is 3. The second-order valence-corrected chi connectivity index (χ2v) is 7.60. The van der Waals surface area contributed by atoms with Gasteiger partial charge in [-0.2, -0.15) is 13.2 Å². The van der Waals surface area contributed by atoms with Gasteiger partial charge >= 0.3 is 6.18 Å². The van der Waals surface area contributed by atoms with E-state index in [2.05, 4.69) is 15.6 Å². The molecular formula is C15H23ClF3IN4OS. The summed E-state index contributed by atoms with van der Waals surface area (Å²) in [6.45, 7) is 2.48. The van der Waals surface area contributed by atoms with Crippen molar-refractivity contribution in [1.29, 1.82) is 0 Å². The van der Waals surface area contributed by atoms with Crippen LogP contribution in [0.1, 0.15) is 24.3 Å². The number of aliphatic hydroxyl groups is 1. The van der Waals surface area contributed by atoms with Crippen molar-refractivity contribution in [3.05, 3.63) is 21.3 Å². The van der Waals surface area contributed by atoms with Crippen molar-refractivity contribution in [3.63, 3.8) is 0 Å². The van der Waals surface area contributed by atoms with Crippen LogP contribution < -0.4 is 10.6 Å². The summed E-state index contributed by atoms with van der Waals surface area (Å²) in [6.07, 6.45) is -4.33. The van der Waals surface area contributed by atoms with E-state index < -0.39 is 18.8 Å². The third-order valence-electron chi connectivity index (χ3n) is 3.71. The van der Waals surface area contributed by atoms with E-state index in [-0.39, 0.29) is 36.6 Å². The largest absolute Gasteiger partial charge is 0.401 e. The van der Waals surface area contributed by atoms with Gasteiger partial charge in [0, 0.05) is 30.6 Å². The molecule has 1 aliphatic heterocycles. The number of aliphatic hydroxyl groups excluding tert-OH is 1. The van der Waals surface area contributed by atoms with Crippen molar-refractivity contribution in [2.75, 3.05) is 32.7 Å². The maximum Gasteiger partial charge on any atom is 0.401 e. The number of thiophene rings is 1. The monoisotopic (exact) mass is 526 g/mol. The van der Waals surface area contributed by atoms with E-state index in [0.29, 0.717) is 36.4 Å². The van der Waals surface area contributed by atoms with Gasteiger partial charge in [0.1, 0.15) is 6.10 Å². The molecule has 1 aliphatic rings. The lowest BCUT2D eigenvalue weighted by molar-refractivity contribution is -0.143. The highest BCUT2D eigenvalue weighted by molar-refractivity contribution is 14.0. The van der Waals surface area contributed by atoms with Crippen LogP contribution in [0.2, 0.25) is 4.34 Å². The van der Waals surface area contributed by atoms with Crippen LogP contribution in [-0.4, -0.2) is 60.9 Å². The minimum atomic E-state index is -4.18. The Bertz CT molecular complexity index is 587. The Morgan fingerprint density at radius 2 is 2.23 bits per heavy atom. The van der Waals surface area contributed by atoms with Crippen LogP contribution in [0.25, 0.3) is 0 Å². The number of alkyl halides is 3. The van der Waals surface area contributed by atoms with Gasteiger partial charge in [-0.15, -0.1) is 35.3 Å². The molecule has 1 fully saturated rings. The van der Waals surface area contributed by atoms with Gasteiger partial charge in [-0.05, 0) is 25.5 Å². The Morgan fingerprint density at radius 1 is 1.50 bits per heavy atom.